The van der Waals surface area contributed by atoms with E-state index in [1.54, 1.807) is 0 Å². The van der Waals surface area contributed by atoms with Crippen molar-refractivity contribution in [1.29, 1.82) is 0 Å². The minimum absolute atomic E-state index is 0.446. The fourth-order valence-corrected chi connectivity index (χ4v) is 1.93. The molecule has 0 bridgehead atoms. The first-order valence-electron chi connectivity index (χ1n) is 4.96. The van der Waals surface area contributed by atoms with Gasteiger partial charge in [-0.05, 0) is 41.6 Å². The molecule has 82 valence electrons. The van der Waals surface area contributed by atoms with Crippen LogP contribution in [-0.2, 0) is 0 Å². The van der Waals surface area contributed by atoms with Crippen LogP contribution in [0.15, 0.2) is 10.8 Å². The second-order valence-corrected chi connectivity index (χ2v) is 4.59. The summed E-state index contributed by atoms with van der Waals surface area (Å²) in [5, 5.41) is 3.35. The molecule has 1 aromatic rings. The van der Waals surface area contributed by atoms with Crippen molar-refractivity contribution in [3.63, 3.8) is 0 Å². The van der Waals surface area contributed by atoms with Crippen molar-refractivity contribution in [2.75, 3.05) is 10.7 Å². The minimum atomic E-state index is 0.446. The number of hydrazine groups is 1. The number of nitrogens with two attached hydrogens (primary N) is 1. The van der Waals surface area contributed by atoms with Gasteiger partial charge in [0.1, 0.15) is 16.6 Å². The van der Waals surface area contributed by atoms with Gasteiger partial charge in [0.2, 0.25) is 0 Å². The normalized spacial score (nSPS) is 17.3. The van der Waals surface area contributed by atoms with Crippen LogP contribution in [0.4, 0.5) is 11.6 Å². The molecule has 6 heteroatoms. The van der Waals surface area contributed by atoms with E-state index in [-0.39, 0.29) is 0 Å². The summed E-state index contributed by atoms with van der Waals surface area (Å²) in [5.74, 6) is 7.49. The SMILES string of the molecule is CC(Nc1ncnc(NN)c1Br)C1CC1. The maximum absolute atomic E-state index is 5.32. The second kappa shape index (κ2) is 4.32. The molecule has 0 amide bonds. The highest BCUT2D eigenvalue weighted by atomic mass is 79.9. The molecule has 1 saturated carbocycles. The van der Waals surface area contributed by atoms with Gasteiger partial charge < -0.3 is 10.7 Å². The van der Waals surface area contributed by atoms with E-state index in [1.807, 2.05) is 0 Å². The topological polar surface area (TPSA) is 75.9 Å². The van der Waals surface area contributed by atoms with Crippen LogP contribution in [0.5, 0.6) is 0 Å². The summed E-state index contributed by atoms with van der Waals surface area (Å²) in [6.45, 7) is 2.17. The van der Waals surface area contributed by atoms with E-state index >= 15 is 0 Å². The number of nitrogen functional groups attached to an aromatic ring is 1. The van der Waals surface area contributed by atoms with Crippen LogP contribution in [0.3, 0.4) is 0 Å². The summed E-state index contributed by atoms with van der Waals surface area (Å²) < 4.78 is 0.778. The Kier molecular flexibility index (Phi) is 3.06. The number of anilines is 2. The van der Waals surface area contributed by atoms with Crippen LogP contribution in [0.25, 0.3) is 0 Å². The molecule has 1 aliphatic carbocycles. The van der Waals surface area contributed by atoms with Gasteiger partial charge in [-0.25, -0.2) is 15.8 Å². The molecule has 0 saturated heterocycles. The Labute approximate surface area is 97.0 Å². The van der Waals surface area contributed by atoms with Gasteiger partial charge >= 0.3 is 0 Å². The van der Waals surface area contributed by atoms with E-state index in [4.69, 9.17) is 5.84 Å². The molecule has 5 nitrogen and oxygen atoms in total. The summed E-state index contributed by atoms with van der Waals surface area (Å²) in [4.78, 5) is 8.16. The van der Waals surface area contributed by atoms with Crippen molar-refractivity contribution in [2.45, 2.75) is 25.8 Å². The number of halogens is 1. The van der Waals surface area contributed by atoms with Gasteiger partial charge in [0.25, 0.3) is 0 Å². The van der Waals surface area contributed by atoms with E-state index in [1.165, 1.54) is 19.2 Å². The Hall–Kier alpha value is -0.880. The number of hydrogen-bond acceptors (Lipinski definition) is 5. The summed E-state index contributed by atoms with van der Waals surface area (Å²) >= 11 is 3.41. The zero-order chi connectivity index (χ0) is 10.8. The van der Waals surface area contributed by atoms with E-state index in [2.05, 4.69) is 43.6 Å². The van der Waals surface area contributed by atoms with Crippen LogP contribution >= 0.6 is 15.9 Å². The van der Waals surface area contributed by atoms with Crippen molar-refractivity contribution in [3.05, 3.63) is 10.8 Å². The number of nitrogens with one attached hydrogen (secondary N) is 2. The zero-order valence-electron chi connectivity index (χ0n) is 8.50. The van der Waals surface area contributed by atoms with Gasteiger partial charge in [-0.15, -0.1) is 0 Å². The Morgan fingerprint density at radius 1 is 1.47 bits per heavy atom. The van der Waals surface area contributed by atoms with Crippen molar-refractivity contribution >= 4 is 27.6 Å². The fraction of sp³-hybridized carbons (Fsp3) is 0.556. The third kappa shape index (κ3) is 2.38. The van der Waals surface area contributed by atoms with Crippen molar-refractivity contribution in [1.82, 2.24) is 9.97 Å². The fourth-order valence-electron chi connectivity index (χ4n) is 1.50. The lowest BCUT2D eigenvalue weighted by atomic mass is 10.2. The zero-order valence-corrected chi connectivity index (χ0v) is 10.1. The van der Waals surface area contributed by atoms with Gasteiger partial charge in [0, 0.05) is 6.04 Å². The molecule has 1 heterocycles. The average molecular weight is 272 g/mol. The molecule has 1 fully saturated rings. The molecule has 1 aliphatic rings. The van der Waals surface area contributed by atoms with E-state index in [0.29, 0.717) is 11.9 Å². The molecule has 0 radical (unpaired) electrons. The lowest BCUT2D eigenvalue weighted by Gasteiger charge is -2.15. The molecule has 0 spiro atoms. The molecule has 0 aliphatic heterocycles. The Morgan fingerprint density at radius 3 is 2.73 bits per heavy atom. The molecule has 2 rings (SSSR count). The van der Waals surface area contributed by atoms with Gasteiger partial charge in [-0.2, -0.15) is 0 Å². The summed E-state index contributed by atoms with van der Waals surface area (Å²) in [7, 11) is 0. The van der Waals surface area contributed by atoms with Crippen molar-refractivity contribution in [2.24, 2.45) is 11.8 Å². The van der Waals surface area contributed by atoms with Crippen LogP contribution in [-0.4, -0.2) is 16.0 Å². The van der Waals surface area contributed by atoms with E-state index < -0.39 is 0 Å². The second-order valence-electron chi connectivity index (χ2n) is 3.80. The lowest BCUT2D eigenvalue weighted by Crippen LogP contribution is -2.19. The first kappa shape index (κ1) is 10.6. The maximum Gasteiger partial charge on any atom is 0.159 e. The molecule has 1 atom stereocenters. The highest BCUT2D eigenvalue weighted by Gasteiger charge is 2.28. The first-order chi connectivity index (χ1) is 7.22. The highest BCUT2D eigenvalue weighted by molar-refractivity contribution is 9.10. The quantitative estimate of drug-likeness (QED) is 0.575. The third-order valence-electron chi connectivity index (χ3n) is 2.62. The van der Waals surface area contributed by atoms with Gasteiger partial charge in [0.15, 0.2) is 5.82 Å². The van der Waals surface area contributed by atoms with Gasteiger partial charge in [0.05, 0.1) is 0 Å². The molecule has 0 aromatic carbocycles. The van der Waals surface area contributed by atoms with Crippen molar-refractivity contribution < 1.29 is 0 Å². The lowest BCUT2D eigenvalue weighted by molar-refractivity contribution is 0.689. The molecule has 4 N–H and O–H groups in total. The predicted octanol–water partition coefficient (Wildman–Crippen LogP) is 1.74. The van der Waals surface area contributed by atoms with E-state index in [9.17, 15) is 0 Å². The van der Waals surface area contributed by atoms with Crippen LogP contribution < -0.4 is 16.6 Å². The number of hydrogen-bond donors (Lipinski definition) is 3. The standard InChI is InChI=1S/C9H14BrN5/c1-5(6-2-3-6)14-8-7(10)9(15-11)13-4-12-8/h4-6H,2-3,11H2,1H3,(H2,12,13,14,15). The van der Waals surface area contributed by atoms with Crippen LogP contribution in [0, 0.1) is 5.92 Å². The number of nitrogens with zero attached hydrogens (tertiary/aromatic N) is 2. The Balaban J connectivity index is 2.12. The van der Waals surface area contributed by atoms with Crippen LogP contribution in [0.2, 0.25) is 0 Å². The van der Waals surface area contributed by atoms with Gasteiger partial charge in [-0.3, -0.25) is 0 Å². The van der Waals surface area contributed by atoms with E-state index in [0.717, 1.165) is 16.2 Å². The van der Waals surface area contributed by atoms with Gasteiger partial charge in [-0.1, -0.05) is 0 Å². The monoisotopic (exact) mass is 271 g/mol. The van der Waals surface area contributed by atoms with Crippen LogP contribution in [0.1, 0.15) is 19.8 Å². The smallest absolute Gasteiger partial charge is 0.159 e. The Bertz CT molecular complexity index is 352. The Morgan fingerprint density at radius 2 is 2.13 bits per heavy atom. The minimum Gasteiger partial charge on any atom is -0.366 e. The molecule has 1 aromatic heterocycles. The summed E-state index contributed by atoms with van der Waals surface area (Å²) in [6.07, 6.45) is 4.10. The molecular weight excluding hydrogens is 258 g/mol. The average Bonchev–Trinajstić information content (AvgIpc) is 3.04. The van der Waals surface area contributed by atoms with Crippen molar-refractivity contribution in [3.8, 4) is 0 Å². The molecule has 15 heavy (non-hydrogen) atoms. The molecule has 1 unspecified atom stereocenters. The highest BCUT2D eigenvalue weighted by Crippen LogP contribution is 2.35. The predicted molar refractivity (Wildman–Crippen MR) is 63.4 cm³/mol. The largest absolute Gasteiger partial charge is 0.366 e. The summed E-state index contributed by atoms with van der Waals surface area (Å²) in [5.41, 5.74) is 2.52. The first-order valence-corrected chi connectivity index (χ1v) is 5.75. The molecular formula is C9H14BrN5. The third-order valence-corrected chi connectivity index (χ3v) is 3.37. The number of rotatable bonds is 4. The number of aromatic nitrogens is 2. The summed E-state index contributed by atoms with van der Waals surface area (Å²) in [6, 6.07) is 0.446. The maximum atomic E-state index is 5.32.